The molecule has 0 radical (unpaired) electrons. The second-order valence-electron chi connectivity index (χ2n) is 5.49. The van der Waals surface area contributed by atoms with E-state index in [2.05, 4.69) is 40.2 Å². The first-order valence-corrected chi connectivity index (χ1v) is 8.34. The largest absolute Gasteiger partial charge is 0.380 e. The fourth-order valence-electron chi connectivity index (χ4n) is 2.22. The Hall–Kier alpha value is -0.840. The maximum Gasteiger partial charge on any atom is 0.283 e. The molecule has 0 spiro atoms. The molecule has 0 aliphatic rings. The molecule has 0 saturated carbocycles. The van der Waals surface area contributed by atoms with E-state index in [1.807, 2.05) is 13.8 Å². The van der Waals surface area contributed by atoms with Crippen molar-refractivity contribution in [1.82, 2.24) is 9.78 Å². The van der Waals surface area contributed by atoms with E-state index in [1.165, 1.54) is 17.5 Å². The molecule has 4 nitrogen and oxygen atoms in total. The fourth-order valence-corrected chi connectivity index (χ4v) is 2.62. The molecule has 0 aliphatic carbocycles. The van der Waals surface area contributed by atoms with Gasteiger partial charge in [-0.3, -0.25) is 4.79 Å². The highest BCUT2D eigenvalue weighted by molar-refractivity contribution is 9.10. The number of aromatic nitrogens is 2. The molecule has 1 atom stereocenters. The SMILES string of the molecule is CCCCC(CCC)Nc1cnn(C(C)C)c(=O)c1Br. The molecule has 20 heavy (non-hydrogen) atoms. The van der Waals surface area contributed by atoms with Gasteiger partial charge in [0.15, 0.2) is 0 Å². The number of hydrogen-bond donors (Lipinski definition) is 1. The Morgan fingerprint density at radius 2 is 2.00 bits per heavy atom. The van der Waals surface area contributed by atoms with Crippen LogP contribution in [0.1, 0.15) is 65.8 Å². The van der Waals surface area contributed by atoms with Crippen molar-refractivity contribution in [2.75, 3.05) is 5.32 Å². The van der Waals surface area contributed by atoms with Crippen LogP contribution in [0.5, 0.6) is 0 Å². The molecule has 5 heteroatoms. The molecule has 1 N–H and O–H groups in total. The molecular formula is C15H26BrN3O. The third kappa shape index (κ3) is 4.62. The highest BCUT2D eigenvalue weighted by Crippen LogP contribution is 2.21. The Kier molecular flexibility index (Phi) is 7.27. The quantitative estimate of drug-likeness (QED) is 0.762. The van der Waals surface area contributed by atoms with Gasteiger partial charge in [0, 0.05) is 6.04 Å². The molecule has 0 fully saturated rings. The Morgan fingerprint density at radius 1 is 1.30 bits per heavy atom. The Bertz CT molecular complexity index is 471. The monoisotopic (exact) mass is 343 g/mol. The molecular weight excluding hydrogens is 318 g/mol. The highest BCUT2D eigenvalue weighted by atomic mass is 79.9. The molecule has 0 amide bonds. The highest BCUT2D eigenvalue weighted by Gasteiger charge is 2.14. The van der Waals surface area contributed by atoms with Crippen molar-refractivity contribution in [3.8, 4) is 0 Å². The molecule has 1 unspecified atom stereocenters. The fraction of sp³-hybridized carbons (Fsp3) is 0.733. The van der Waals surface area contributed by atoms with Gasteiger partial charge >= 0.3 is 0 Å². The zero-order chi connectivity index (χ0) is 15.1. The molecule has 0 aromatic carbocycles. The second kappa shape index (κ2) is 8.45. The molecule has 114 valence electrons. The van der Waals surface area contributed by atoms with Crippen LogP contribution in [0.25, 0.3) is 0 Å². The minimum Gasteiger partial charge on any atom is -0.380 e. The lowest BCUT2D eigenvalue weighted by atomic mass is 10.1. The van der Waals surface area contributed by atoms with E-state index in [9.17, 15) is 4.79 Å². The smallest absolute Gasteiger partial charge is 0.283 e. The van der Waals surface area contributed by atoms with Crippen molar-refractivity contribution in [2.24, 2.45) is 0 Å². The summed E-state index contributed by atoms with van der Waals surface area (Å²) in [7, 11) is 0. The number of anilines is 1. The normalized spacial score (nSPS) is 12.7. The lowest BCUT2D eigenvalue weighted by molar-refractivity contribution is 0.499. The summed E-state index contributed by atoms with van der Waals surface area (Å²) in [5.74, 6) is 0. The van der Waals surface area contributed by atoms with Gasteiger partial charge in [-0.05, 0) is 42.6 Å². The van der Waals surface area contributed by atoms with Crippen LogP contribution in [0.2, 0.25) is 0 Å². The van der Waals surface area contributed by atoms with Crippen LogP contribution < -0.4 is 10.9 Å². The van der Waals surface area contributed by atoms with E-state index in [4.69, 9.17) is 0 Å². The minimum atomic E-state index is -0.0734. The predicted octanol–water partition coefficient (Wildman–Crippen LogP) is 4.36. The molecule has 1 heterocycles. The van der Waals surface area contributed by atoms with Crippen LogP contribution in [0.4, 0.5) is 5.69 Å². The van der Waals surface area contributed by atoms with Crippen molar-refractivity contribution in [2.45, 2.75) is 71.9 Å². The van der Waals surface area contributed by atoms with Crippen LogP contribution in [0.15, 0.2) is 15.5 Å². The predicted molar refractivity (Wildman–Crippen MR) is 88.4 cm³/mol. The number of hydrogen-bond acceptors (Lipinski definition) is 3. The van der Waals surface area contributed by atoms with Gasteiger partial charge in [-0.1, -0.05) is 33.1 Å². The molecule has 1 rings (SSSR count). The van der Waals surface area contributed by atoms with Gasteiger partial charge in [-0.2, -0.15) is 5.10 Å². The average Bonchev–Trinajstić information content (AvgIpc) is 2.41. The van der Waals surface area contributed by atoms with Crippen LogP contribution >= 0.6 is 15.9 Å². The van der Waals surface area contributed by atoms with Crippen LogP contribution in [0.3, 0.4) is 0 Å². The molecule has 0 saturated heterocycles. The minimum absolute atomic E-state index is 0.0689. The first kappa shape index (κ1) is 17.2. The number of unbranched alkanes of at least 4 members (excludes halogenated alkanes) is 1. The van der Waals surface area contributed by atoms with Gasteiger partial charge < -0.3 is 5.32 Å². The Balaban J connectivity index is 2.90. The summed E-state index contributed by atoms with van der Waals surface area (Å²) in [5.41, 5.74) is 0.734. The maximum absolute atomic E-state index is 12.2. The number of nitrogens with one attached hydrogen (secondary N) is 1. The van der Waals surface area contributed by atoms with Crippen molar-refractivity contribution >= 4 is 21.6 Å². The first-order chi connectivity index (χ1) is 9.51. The first-order valence-electron chi connectivity index (χ1n) is 7.55. The third-order valence-corrected chi connectivity index (χ3v) is 4.10. The van der Waals surface area contributed by atoms with E-state index in [0.29, 0.717) is 10.5 Å². The number of nitrogens with zero attached hydrogens (tertiary/aromatic N) is 2. The summed E-state index contributed by atoms with van der Waals surface area (Å²) in [6.07, 6.45) is 7.52. The van der Waals surface area contributed by atoms with Crippen molar-refractivity contribution in [1.29, 1.82) is 0 Å². The van der Waals surface area contributed by atoms with Gasteiger partial charge in [0.05, 0.1) is 17.9 Å². The van der Waals surface area contributed by atoms with Crippen molar-refractivity contribution in [3.63, 3.8) is 0 Å². The Labute approximate surface area is 130 Å². The number of halogens is 1. The standard InChI is InChI=1S/C15H26BrN3O/c1-5-7-9-12(8-6-2)18-13-10-17-19(11(3)4)15(20)14(13)16/h10-12,18H,5-9H2,1-4H3. The van der Waals surface area contributed by atoms with Gasteiger partial charge in [-0.15, -0.1) is 0 Å². The van der Waals surface area contributed by atoms with Gasteiger partial charge in [-0.25, -0.2) is 4.68 Å². The lowest BCUT2D eigenvalue weighted by Crippen LogP contribution is -2.28. The zero-order valence-electron chi connectivity index (χ0n) is 12.9. The van der Waals surface area contributed by atoms with E-state index in [1.54, 1.807) is 6.20 Å². The van der Waals surface area contributed by atoms with Crippen LogP contribution in [0, 0.1) is 0 Å². The molecule has 1 aromatic rings. The zero-order valence-corrected chi connectivity index (χ0v) is 14.5. The van der Waals surface area contributed by atoms with E-state index in [0.717, 1.165) is 24.9 Å². The van der Waals surface area contributed by atoms with Gasteiger partial charge in [0.1, 0.15) is 4.47 Å². The van der Waals surface area contributed by atoms with E-state index in [-0.39, 0.29) is 11.6 Å². The molecule has 1 aromatic heterocycles. The van der Waals surface area contributed by atoms with Crippen molar-refractivity contribution < 1.29 is 0 Å². The summed E-state index contributed by atoms with van der Waals surface area (Å²) < 4.78 is 2.08. The summed E-state index contributed by atoms with van der Waals surface area (Å²) in [5, 5.41) is 7.71. The summed E-state index contributed by atoms with van der Waals surface area (Å²) in [4.78, 5) is 12.2. The summed E-state index contributed by atoms with van der Waals surface area (Å²) in [6.45, 7) is 8.29. The molecule has 0 bridgehead atoms. The maximum atomic E-state index is 12.2. The average molecular weight is 344 g/mol. The van der Waals surface area contributed by atoms with Crippen LogP contribution in [-0.4, -0.2) is 15.8 Å². The van der Waals surface area contributed by atoms with Crippen LogP contribution in [-0.2, 0) is 0 Å². The van der Waals surface area contributed by atoms with Crippen molar-refractivity contribution in [3.05, 3.63) is 21.0 Å². The Morgan fingerprint density at radius 3 is 2.55 bits per heavy atom. The lowest BCUT2D eigenvalue weighted by Gasteiger charge is -2.20. The second-order valence-corrected chi connectivity index (χ2v) is 6.28. The molecule has 0 aliphatic heterocycles. The summed E-state index contributed by atoms with van der Waals surface area (Å²) in [6, 6.07) is 0.478. The topological polar surface area (TPSA) is 46.9 Å². The van der Waals surface area contributed by atoms with Gasteiger partial charge in [0.25, 0.3) is 5.56 Å². The number of rotatable bonds is 8. The summed E-state index contributed by atoms with van der Waals surface area (Å²) >= 11 is 3.41. The van der Waals surface area contributed by atoms with E-state index >= 15 is 0 Å². The van der Waals surface area contributed by atoms with E-state index < -0.39 is 0 Å². The third-order valence-electron chi connectivity index (χ3n) is 3.34. The van der Waals surface area contributed by atoms with Gasteiger partial charge in [0.2, 0.25) is 0 Å².